The molecule has 0 atom stereocenters. The number of esters is 1. The van der Waals surface area contributed by atoms with Crippen molar-refractivity contribution in [1.82, 2.24) is 9.80 Å². The summed E-state index contributed by atoms with van der Waals surface area (Å²) >= 11 is 0. The molecule has 2 heterocycles. The molecular formula is C21H26N2O4. The molecule has 1 fully saturated rings. The first-order valence-corrected chi connectivity index (χ1v) is 9.33. The number of para-hydroxylation sites is 1. The number of benzene rings is 1. The van der Waals surface area contributed by atoms with Crippen LogP contribution >= 0.6 is 0 Å². The van der Waals surface area contributed by atoms with Gasteiger partial charge in [0.1, 0.15) is 5.75 Å². The minimum atomic E-state index is -0.631. The molecule has 0 aliphatic carbocycles. The zero-order chi connectivity index (χ0) is 19.3. The minimum absolute atomic E-state index is 0.172. The van der Waals surface area contributed by atoms with Crippen molar-refractivity contribution in [3.63, 3.8) is 0 Å². The first-order chi connectivity index (χ1) is 13.0. The number of amides is 1. The lowest BCUT2D eigenvalue weighted by Crippen LogP contribution is -2.45. The molecule has 1 amide bonds. The smallest absolute Gasteiger partial charge is 0.419 e. The number of hydrogen-bond donors (Lipinski definition) is 0. The zero-order valence-electron chi connectivity index (χ0n) is 15.9. The summed E-state index contributed by atoms with van der Waals surface area (Å²) < 4.78 is 10.8. The summed E-state index contributed by atoms with van der Waals surface area (Å²) in [6, 6.07) is 8.97. The summed E-state index contributed by atoms with van der Waals surface area (Å²) in [4.78, 5) is 28.8. The Morgan fingerprint density at radius 3 is 2.44 bits per heavy atom. The van der Waals surface area contributed by atoms with E-state index < -0.39 is 11.5 Å². The second kappa shape index (κ2) is 8.39. The van der Waals surface area contributed by atoms with Crippen LogP contribution in [0, 0.1) is 5.41 Å². The fourth-order valence-corrected chi connectivity index (χ4v) is 3.51. The highest BCUT2D eigenvalue weighted by molar-refractivity contribution is 5.82. The molecule has 0 bridgehead atoms. The molecule has 1 saturated heterocycles. The van der Waals surface area contributed by atoms with E-state index in [1.165, 1.54) is 4.90 Å². The highest BCUT2D eigenvalue weighted by Crippen LogP contribution is 2.41. The fourth-order valence-electron chi connectivity index (χ4n) is 3.51. The lowest BCUT2D eigenvalue weighted by atomic mass is 9.71. The molecule has 1 aromatic carbocycles. The van der Waals surface area contributed by atoms with Crippen molar-refractivity contribution >= 4 is 12.1 Å². The summed E-state index contributed by atoms with van der Waals surface area (Å²) in [5.41, 5.74) is 0.298. The number of piperidine rings is 1. The van der Waals surface area contributed by atoms with Crippen molar-refractivity contribution in [3.8, 4) is 5.75 Å². The molecule has 0 aromatic heterocycles. The topological polar surface area (TPSA) is 59.1 Å². The molecule has 0 N–H and O–H groups in total. The average Bonchev–Trinajstić information content (AvgIpc) is 2.70. The lowest BCUT2D eigenvalue weighted by molar-refractivity contribution is -0.155. The predicted molar refractivity (Wildman–Crippen MR) is 102 cm³/mol. The Morgan fingerprint density at radius 1 is 1.15 bits per heavy atom. The molecule has 0 unspecified atom stereocenters. The van der Waals surface area contributed by atoms with Crippen LogP contribution < -0.4 is 4.74 Å². The number of allylic oxidation sites excluding steroid dienone is 1. The van der Waals surface area contributed by atoms with Crippen LogP contribution in [0.5, 0.6) is 5.75 Å². The Bertz CT molecular complexity index is 734. The van der Waals surface area contributed by atoms with Gasteiger partial charge in [-0.05, 0) is 63.7 Å². The van der Waals surface area contributed by atoms with E-state index in [0.717, 1.165) is 18.7 Å². The van der Waals surface area contributed by atoms with Gasteiger partial charge in [-0.1, -0.05) is 24.3 Å². The molecule has 6 heteroatoms. The minimum Gasteiger partial charge on any atom is -0.465 e. The van der Waals surface area contributed by atoms with Crippen LogP contribution in [0.25, 0.3) is 0 Å². The van der Waals surface area contributed by atoms with Crippen LogP contribution in [0.4, 0.5) is 4.79 Å². The highest BCUT2D eigenvalue weighted by Gasteiger charge is 2.45. The van der Waals surface area contributed by atoms with Crippen molar-refractivity contribution in [2.75, 3.05) is 33.3 Å². The normalized spacial score (nSPS) is 19.3. The molecule has 6 nitrogen and oxygen atoms in total. The Kier molecular flexibility index (Phi) is 5.96. The quantitative estimate of drug-likeness (QED) is 0.762. The molecule has 0 spiro atoms. The summed E-state index contributed by atoms with van der Waals surface area (Å²) in [6.07, 6.45) is 6.47. The Labute approximate surface area is 160 Å². The van der Waals surface area contributed by atoms with E-state index >= 15 is 0 Å². The summed E-state index contributed by atoms with van der Waals surface area (Å²) in [7, 11) is 2.06. The third kappa shape index (κ3) is 4.22. The van der Waals surface area contributed by atoms with Crippen molar-refractivity contribution in [2.45, 2.75) is 19.8 Å². The highest BCUT2D eigenvalue weighted by atomic mass is 16.6. The van der Waals surface area contributed by atoms with Crippen molar-refractivity contribution < 1.29 is 19.1 Å². The van der Waals surface area contributed by atoms with E-state index in [9.17, 15) is 9.59 Å². The average molecular weight is 370 g/mol. The van der Waals surface area contributed by atoms with E-state index in [2.05, 4.69) is 11.9 Å². The van der Waals surface area contributed by atoms with Gasteiger partial charge in [0.25, 0.3) is 0 Å². The van der Waals surface area contributed by atoms with Gasteiger partial charge in [0.05, 0.1) is 12.0 Å². The van der Waals surface area contributed by atoms with E-state index in [4.69, 9.17) is 9.47 Å². The number of carbonyl (C=O) groups excluding carboxylic acids is 2. The summed E-state index contributed by atoms with van der Waals surface area (Å²) in [5.74, 6) is 0.332. The maximum absolute atomic E-state index is 12.8. The first-order valence-electron chi connectivity index (χ1n) is 9.33. The Hall–Kier alpha value is -2.60. The molecule has 0 radical (unpaired) electrons. The third-order valence-electron chi connectivity index (χ3n) is 5.18. The van der Waals surface area contributed by atoms with Crippen molar-refractivity contribution in [2.24, 2.45) is 5.41 Å². The Balaban J connectivity index is 1.71. The van der Waals surface area contributed by atoms with Gasteiger partial charge in [-0.2, -0.15) is 0 Å². The first kappa shape index (κ1) is 19.2. The van der Waals surface area contributed by atoms with Gasteiger partial charge < -0.3 is 14.4 Å². The van der Waals surface area contributed by atoms with Gasteiger partial charge in [-0.15, -0.1) is 0 Å². The number of rotatable bonds is 4. The van der Waals surface area contributed by atoms with E-state index in [-0.39, 0.29) is 5.97 Å². The predicted octanol–water partition coefficient (Wildman–Crippen LogP) is 3.22. The van der Waals surface area contributed by atoms with Crippen LogP contribution in [-0.2, 0) is 9.53 Å². The van der Waals surface area contributed by atoms with Crippen LogP contribution in [-0.4, -0.2) is 55.2 Å². The Morgan fingerprint density at radius 2 is 1.85 bits per heavy atom. The second-order valence-corrected chi connectivity index (χ2v) is 6.91. The maximum atomic E-state index is 12.8. The van der Waals surface area contributed by atoms with Crippen molar-refractivity contribution in [1.29, 1.82) is 0 Å². The third-order valence-corrected chi connectivity index (χ3v) is 5.18. The number of likely N-dealkylation sites (tertiary alicyclic amines) is 1. The van der Waals surface area contributed by atoms with Gasteiger partial charge in [0.15, 0.2) is 0 Å². The van der Waals surface area contributed by atoms with Gasteiger partial charge in [-0.3, -0.25) is 9.69 Å². The summed E-state index contributed by atoms with van der Waals surface area (Å²) in [6.45, 7) is 4.23. The van der Waals surface area contributed by atoms with Gasteiger partial charge >= 0.3 is 12.1 Å². The van der Waals surface area contributed by atoms with Gasteiger partial charge in [0, 0.05) is 12.7 Å². The fraction of sp³-hybridized carbons (Fsp3) is 0.429. The van der Waals surface area contributed by atoms with Gasteiger partial charge in [-0.25, -0.2) is 4.79 Å². The number of hydrogen-bond acceptors (Lipinski definition) is 5. The molecule has 144 valence electrons. The molecule has 0 saturated carbocycles. The van der Waals surface area contributed by atoms with Crippen molar-refractivity contribution in [3.05, 3.63) is 54.3 Å². The van der Waals surface area contributed by atoms with E-state index in [0.29, 0.717) is 31.7 Å². The largest absolute Gasteiger partial charge is 0.465 e. The summed E-state index contributed by atoms with van der Waals surface area (Å²) in [5, 5.41) is 0. The molecule has 1 aromatic rings. The van der Waals surface area contributed by atoms with E-state index in [1.54, 1.807) is 18.3 Å². The molecule has 27 heavy (non-hydrogen) atoms. The van der Waals surface area contributed by atoms with Crippen LogP contribution in [0.15, 0.2) is 54.3 Å². The number of nitrogens with zero attached hydrogens (tertiary/aromatic N) is 2. The molecule has 3 rings (SSSR count). The molecule has 2 aliphatic heterocycles. The SMILES string of the molecule is CCOC(=O)C1(C2=CCN(C(=O)Oc3ccccc3)C=C2)CCN(C)CC1. The zero-order valence-corrected chi connectivity index (χ0v) is 15.9. The van der Waals surface area contributed by atoms with Crippen LogP contribution in [0.1, 0.15) is 19.8 Å². The van der Waals surface area contributed by atoms with Gasteiger partial charge in [0.2, 0.25) is 0 Å². The lowest BCUT2D eigenvalue weighted by Gasteiger charge is -2.40. The molecule has 2 aliphatic rings. The maximum Gasteiger partial charge on any atom is 0.419 e. The van der Waals surface area contributed by atoms with Crippen LogP contribution in [0.3, 0.4) is 0 Å². The molecular weight excluding hydrogens is 344 g/mol. The van der Waals surface area contributed by atoms with Crippen LogP contribution in [0.2, 0.25) is 0 Å². The second-order valence-electron chi connectivity index (χ2n) is 6.91. The standard InChI is InChI=1S/C21H26N2O4/c1-3-26-19(24)21(11-15-22(2)16-12-21)17-9-13-23(14-10-17)20(25)27-18-7-5-4-6-8-18/h4-10,13H,3,11-12,14-16H2,1-2H3. The van der Waals surface area contributed by atoms with E-state index in [1.807, 2.05) is 37.3 Å². The number of ether oxygens (including phenoxy) is 2. The number of carbonyl (C=O) groups is 2. The monoisotopic (exact) mass is 370 g/mol.